The van der Waals surface area contributed by atoms with Gasteiger partial charge in [0, 0.05) is 18.0 Å². The van der Waals surface area contributed by atoms with Crippen LogP contribution in [0.2, 0.25) is 5.02 Å². The number of anilines is 1. The van der Waals surface area contributed by atoms with Crippen molar-refractivity contribution in [2.75, 3.05) is 38.2 Å². The van der Waals surface area contributed by atoms with E-state index in [4.69, 9.17) is 21.1 Å². The number of thiophene rings is 1. The molecule has 172 valence electrons. The molecule has 0 spiro atoms. The summed E-state index contributed by atoms with van der Waals surface area (Å²) in [5.41, 5.74) is 2.24. The molecule has 2 amide bonds. The quantitative estimate of drug-likeness (QED) is 0.530. The van der Waals surface area contributed by atoms with Gasteiger partial charge in [0.2, 0.25) is 0 Å². The zero-order valence-corrected chi connectivity index (χ0v) is 19.5. The van der Waals surface area contributed by atoms with Crippen molar-refractivity contribution < 1.29 is 23.5 Å². The summed E-state index contributed by atoms with van der Waals surface area (Å²) in [5, 5.41) is 3.35. The van der Waals surface area contributed by atoms with Crippen LogP contribution < -0.4 is 10.1 Å². The number of carbonyl (C=O) groups excluding carboxylic acids is 2. The van der Waals surface area contributed by atoms with Gasteiger partial charge in [0.15, 0.2) is 6.61 Å². The molecule has 1 aromatic heterocycles. The van der Waals surface area contributed by atoms with Gasteiger partial charge in [0.1, 0.15) is 16.6 Å². The molecule has 0 radical (unpaired) electrons. The van der Waals surface area contributed by atoms with E-state index in [0.29, 0.717) is 36.9 Å². The van der Waals surface area contributed by atoms with Gasteiger partial charge in [-0.1, -0.05) is 41.9 Å². The summed E-state index contributed by atoms with van der Waals surface area (Å²) in [6.45, 7) is 3.50. The Labute approximate surface area is 199 Å². The standard InChI is InChI=1S/C24H22ClFN2O4S/c1-15-21(24(30)28-9-11-31-12-10-28)23(33-22(15)16-5-3-2-4-6-16)27-20(29)14-32-19-8-7-17(26)13-18(19)25/h2-8,13H,9-12,14H2,1H3,(H,27,29). The van der Waals surface area contributed by atoms with Gasteiger partial charge in [-0.3, -0.25) is 9.59 Å². The van der Waals surface area contributed by atoms with Gasteiger partial charge < -0.3 is 19.7 Å². The molecule has 0 aliphatic carbocycles. The molecule has 1 aliphatic heterocycles. The van der Waals surface area contributed by atoms with Crippen molar-refractivity contribution >= 4 is 39.8 Å². The van der Waals surface area contributed by atoms with Crippen molar-refractivity contribution in [3.05, 3.63) is 70.5 Å². The van der Waals surface area contributed by atoms with Gasteiger partial charge >= 0.3 is 0 Å². The molecular weight excluding hydrogens is 467 g/mol. The lowest BCUT2D eigenvalue weighted by atomic mass is 10.1. The molecule has 4 rings (SSSR count). The van der Waals surface area contributed by atoms with Crippen molar-refractivity contribution in [2.45, 2.75) is 6.92 Å². The smallest absolute Gasteiger partial charge is 0.262 e. The molecule has 0 atom stereocenters. The largest absolute Gasteiger partial charge is 0.482 e. The zero-order chi connectivity index (χ0) is 23.4. The topological polar surface area (TPSA) is 67.9 Å². The fourth-order valence-corrected chi connectivity index (χ4v) is 4.99. The maximum absolute atomic E-state index is 13.4. The lowest BCUT2D eigenvalue weighted by molar-refractivity contribution is -0.118. The minimum absolute atomic E-state index is 0.0734. The molecule has 1 N–H and O–H groups in total. The summed E-state index contributed by atoms with van der Waals surface area (Å²) >= 11 is 7.31. The zero-order valence-electron chi connectivity index (χ0n) is 17.9. The van der Waals surface area contributed by atoms with Crippen molar-refractivity contribution in [1.82, 2.24) is 4.90 Å². The van der Waals surface area contributed by atoms with E-state index in [-0.39, 0.29) is 23.3 Å². The van der Waals surface area contributed by atoms with Crippen LogP contribution in [0.1, 0.15) is 15.9 Å². The van der Waals surface area contributed by atoms with E-state index < -0.39 is 11.7 Å². The van der Waals surface area contributed by atoms with Crippen LogP contribution in [0.3, 0.4) is 0 Å². The van der Waals surface area contributed by atoms with E-state index in [1.165, 1.54) is 23.5 Å². The van der Waals surface area contributed by atoms with E-state index in [1.54, 1.807) is 4.90 Å². The summed E-state index contributed by atoms with van der Waals surface area (Å²) in [5.74, 6) is -0.893. The summed E-state index contributed by atoms with van der Waals surface area (Å²) in [4.78, 5) is 28.7. The number of amides is 2. The van der Waals surface area contributed by atoms with Crippen molar-refractivity contribution in [1.29, 1.82) is 0 Å². The summed E-state index contributed by atoms with van der Waals surface area (Å²) in [6, 6.07) is 13.4. The molecule has 2 heterocycles. The molecule has 0 bridgehead atoms. The van der Waals surface area contributed by atoms with E-state index >= 15 is 0 Å². The van der Waals surface area contributed by atoms with Gasteiger partial charge in [0.25, 0.3) is 11.8 Å². The van der Waals surface area contributed by atoms with Gasteiger partial charge in [-0.25, -0.2) is 4.39 Å². The van der Waals surface area contributed by atoms with Gasteiger partial charge in [-0.15, -0.1) is 11.3 Å². The Hall–Kier alpha value is -2.94. The number of carbonyl (C=O) groups is 2. The Kier molecular flexibility index (Phi) is 7.27. The summed E-state index contributed by atoms with van der Waals surface area (Å²) in [7, 11) is 0. The first-order chi connectivity index (χ1) is 15.9. The van der Waals surface area contributed by atoms with Gasteiger partial charge in [0.05, 0.1) is 23.8 Å². The van der Waals surface area contributed by atoms with E-state index in [2.05, 4.69) is 5.32 Å². The first-order valence-corrected chi connectivity index (χ1v) is 11.6. The van der Waals surface area contributed by atoms with Crippen LogP contribution in [0.4, 0.5) is 9.39 Å². The van der Waals surface area contributed by atoms with Crippen LogP contribution in [0.5, 0.6) is 5.75 Å². The van der Waals surface area contributed by atoms with Crippen LogP contribution in [0, 0.1) is 12.7 Å². The normalized spacial score (nSPS) is 13.6. The molecule has 3 aromatic rings. The molecule has 1 saturated heterocycles. The lowest BCUT2D eigenvalue weighted by Gasteiger charge is -2.27. The highest BCUT2D eigenvalue weighted by molar-refractivity contribution is 7.20. The first-order valence-electron chi connectivity index (χ1n) is 10.4. The summed E-state index contributed by atoms with van der Waals surface area (Å²) < 4.78 is 24.0. The van der Waals surface area contributed by atoms with Crippen LogP contribution >= 0.6 is 22.9 Å². The number of benzene rings is 2. The third-order valence-corrected chi connectivity index (χ3v) is 6.75. The fourth-order valence-electron chi connectivity index (χ4n) is 3.55. The van der Waals surface area contributed by atoms with Crippen molar-refractivity contribution in [3.8, 4) is 16.2 Å². The van der Waals surface area contributed by atoms with Gasteiger partial charge in [-0.05, 0) is 36.2 Å². The highest BCUT2D eigenvalue weighted by atomic mass is 35.5. The first kappa shape index (κ1) is 23.2. The monoisotopic (exact) mass is 488 g/mol. The maximum Gasteiger partial charge on any atom is 0.262 e. The number of rotatable bonds is 6. The number of hydrogen-bond donors (Lipinski definition) is 1. The molecule has 0 unspecified atom stereocenters. The molecule has 0 saturated carbocycles. The Balaban J connectivity index is 1.58. The van der Waals surface area contributed by atoms with E-state index in [0.717, 1.165) is 22.1 Å². The number of morpholine rings is 1. The van der Waals surface area contributed by atoms with Crippen molar-refractivity contribution in [3.63, 3.8) is 0 Å². The molecule has 6 nitrogen and oxygen atoms in total. The average Bonchev–Trinajstić information content (AvgIpc) is 3.14. The van der Waals surface area contributed by atoms with Crippen molar-refractivity contribution in [2.24, 2.45) is 0 Å². The van der Waals surface area contributed by atoms with E-state index in [1.807, 2.05) is 37.3 Å². The number of nitrogens with zero attached hydrogens (tertiary/aromatic N) is 1. The second-order valence-corrected chi connectivity index (χ2v) is 8.87. The molecule has 2 aromatic carbocycles. The second kappa shape index (κ2) is 10.3. The molecule has 33 heavy (non-hydrogen) atoms. The van der Waals surface area contributed by atoms with E-state index in [9.17, 15) is 14.0 Å². The van der Waals surface area contributed by atoms with Crippen LogP contribution in [-0.4, -0.2) is 49.6 Å². The number of nitrogens with one attached hydrogen (secondary N) is 1. The predicted octanol–water partition coefficient (Wildman–Crippen LogP) is 5.01. The molecular formula is C24H22ClFN2O4S. The Morgan fingerprint density at radius 3 is 2.61 bits per heavy atom. The Morgan fingerprint density at radius 2 is 1.91 bits per heavy atom. The third-order valence-electron chi connectivity index (χ3n) is 5.20. The Morgan fingerprint density at radius 1 is 1.18 bits per heavy atom. The molecule has 9 heteroatoms. The predicted molar refractivity (Wildman–Crippen MR) is 127 cm³/mol. The highest BCUT2D eigenvalue weighted by Gasteiger charge is 2.28. The Bertz CT molecular complexity index is 1160. The number of halogens is 2. The molecule has 1 aliphatic rings. The highest BCUT2D eigenvalue weighted by Crippen LogP contribution is 2.40. The lowest BCUT2D eigenvalue weighted by Crippen LogP contribution is -2.41. The minimum atomic E-state index is -0.495. The molecule has 1 fully saturated rings. The van der Waals surface area contributed by atoms with Crippen LogP contribution in [-0.2, 0) is 9.53 Å². The van der Waals surface area contributed by atoms with Crippen LogP contribution in [0.25, 0.3) is 10.4 Å². The maximum atomic E-state index is 13.4. The minimum Gasteiger partial charge on any atom is -0.482 e. The van der Waals surface area contributed by atoms with Gasteiger partial charge in [-0.2, -0.15) is 0 Å². The summed E-state index contributed by atoms with van der Waals surface area (Å²) in [6.07, 6.45) is 0. The third kappa shape index (κ3) is 5.35. The second-order valence-electron chi connectivity index (χ2n) is 7.44. The number of ether oxygens (including phenoxy) is 2. The fraction of sp³-hybridized carbons (Fsp3) is 0.250. The average molecular weight is 489 g/mol. The number of hydrogen-bond acceptors (Lipinski definition) is 5. The van der Waals surface area contributed by atoms with Crippen LogP contribution in [0.15, 0.2) is 48.5 Å². The SMILES string of the molecule is Cc1c(-c2ccccc2)sc(NC(=O)COc2ccc(F)cc2Cl)c1C(=O)N1CCOCC1.